The number of amides is 1. The van der Waals surface area contributed by atoms with Gasteiger partial charge in [-0.15, -0.1) is 0 Å². The number of hydrogen-bond acceptors (Lipinski definition) is 3. The van der Waals surface area contributed by atoms with E-state index in [9.17, 15) is 18.4 Å². The van der Waals surface area contributed by atoms with Gasteiger partial charge in [0.05, 0.1) is 13.0 Å². The summed E-state index contributed by atoms with van der Waals surface area (Å²) < 4.78 is 31.1. The lowest BCUT2D eigenvalue weighted by Gasteiger charge is -2.16. The SMILES string of the molecule is COC(=O)C1CC(=O)N(Cc2cccc(F)c2F)C1. The molecule has 102 valence electrons. The van der Waals surface area contributed by atoms with Crippen LogP contribution < -0.4 is 0 Å². The molecule has 1 aliphatic rings. The summed E-state index contributed by atoms with van der Waals surface area (Å²) in [6.07, 6.45) is 0.0452. The van der Waals surface area contributed by atoms with E-state index in [0.717, 1.165) is 6.07 Å². The Kier molecular flexibility index (Phi) is 3.78. The molecule has 0 bridgehead atoms. The van der Waals surface area contributed by atoms with Crippen molar-refractivity contribution in [3.63, 3.8) is 0 Å². The summed E-state index contributed by atoms with van der Waals surface area (Å²) in [7, 11) is 1.25. The molecule has 6 heteroatoms. The Morgan fingerprint density at radius 3 is 2.89 bits per heavy atom. The number of carbonyl (C=O) groups excluding carboxylic acids is 2. The second-order valence-electron chi connectivity index (χ2n) is 4.41. The largest absolute Gasteiger partial charge is 0.469 e. The molecule has 1 aromatic rings. The highest BCUT2D eigenvalue weighted by atomic mass is 19.2. The first-order chi connectivity index (χ1) is 9.02. The van der Waals surface area contributed by atoms with Crippen LogP contribution in [0.15, 0.2) is 18.2 Å². The number of benzene rings is 1. The number of methoxy groups -OCH3 is 1. The van der Waals surface area contributed by atoms with Crippen LogP contribution in [0.4, 0.5) is 8.78 Å². The van der Waals surface area contributed by atoms with E-state index in [2.05, 4.69) is 4.74 Å². The van der Waals surface area contributed by atoms with Gasteiger partial charge in [0.15, 0.2) is 11.6 Å². The van der Waals surface area contributed by atoms with Gasteiger partial charge in [0, 0.05) is 25.1 Å². The number of likely N-dealkylation sites (tertiary alicyclic amines) is 1. The molecule has 1 aromatic carbocycles. The number of ether oxygens (including phenoxy) is 1. The molecule has 4 nitrogen and oxygen atoms in total. The zero-order valence-electron chi connectivity index (χ0n) is 10.4. The summed E-state index contributed by atoms with van der Waals surface area (Å²) in [5.74, 6) is -3.17. The summed E-state index contributed by atoms with van der Waals surface area (Å²) in [6.45, 7) is 0.122. The Morgan fingerprint density at radius 1 is 1.47 bits per heavy atom. The first kappa shape index (κ1) is 13.5. The summed E-state index contributed by atoms with van der Waals surface area (Å²) in [5, 5.41) is 0. The Labute approximate surface area is 109 Å². The maximum Gasteiger partial charge on any atom is 0.310 e. The van der Waals surface area contributed by atoms with E-state index in [1.165, 1.54) is 24.1 Å². The van der Waals surface area contributed by atoms with Crippen molar-refractivity contribution in [2.75, 3.05) is 13.7 Å². The van der Waals surface area contributed by atoms with Crippen LogP contribution in [0.1, 0.15) is 12.0 Å². The van der Waals surface area contributed by atoms with Crippen LogP contribution in [0.2, 0.25) is 0 Å². The van der Waals surface area contributed by atoms with Crippen molar-refractivity contribution >= 4 is 11.9 Å². The van der Waals surface area contributed by atoms with Crippen LogP contribution in [0.5, 0.6) is 0 Å². The third kappa shape index (κ3) is 2.72. The predicted octanol–water partition coefficient (Wildman–Crippen LogP) is 1.49. The summed E-state index contributed by atoms with van der Waals surface area (Å²) in [4.78, 5) is 24.4. The van der Waals surface area contributed by atoms with Crippen LogP contribution >= 0.6 is 0 Å². The molecule has 2 rings (SSSR count). The summed E-state index contributed by atoms with van der Waals surface area (Å²) in [6, 6.07) is 3.81. The Balaban J connectivity index is 2.10. The van der Waals surface area contributed by atoms with Gasteiger partial charge in [0.2, 0.25) is 5.91 Å². The van der Waals surface area contributed by atoms with E-state index < -0.39 is 23.5 Å². The molecule has 0 aliphatic carbocycles. The smallest absolute Gasteiger partial charge is 0.310 e. The second-order valence-corrected chi connectivity index (χ2v) is 4.41. The normalized spacial score (nSPS) is 18.8. The number of rotatable bonds is 3. The van der Waals surface area contributed by atoms with Crippen LogP contribution in [-0.4, -0.2) is 30.4 Å². The minimum Gasteiger partial charge on any atom is -0.469 e. The third-order valence-corrected chi connectivity index (χ3v) is 3.14. The lowest BCUT2D eigenvalue weighted by Crippen LogP contribution is -2.26. The zero-order chi connectivity index (χ0) is 14.0. The number of esters is 1. The van der Waals surface area contributed by atoms with Gasteiger partial charge in [-0.3, -0.25) is 9.59 Å². The van der Waals surface area contributed by atoms with Gasteiger partial charge in [-0.25, -0.2) is 8.78 Å². The minimum atomic E-state index is -0.961. The Hall–Kier alpha value is -1.98. The van der Waals surface area contributed by atoms with E-state index in [4.69, 9.17) is 0 Å². The van der Waals surface area contributed by atoms with Gasteiger partial charge in [-0.2, -0.15) is 0 Å². The topological polar surface area (TPSA) is 46.6 Å². The van der Waals surface area contributed by atoms with Crippen molar-refractivity contribution in [1.29, 1.82) is 0 Å². The Bertz CT molecular complexity index is 519. The highest BCUT2D eigenvalue weighted by Gasteiger charge is 2.35. The molecule has 1 aliphatic heterocycles. The lowest BCUT2D eigenvalue weighted by atomic mass is 10.1. The van der Waals surface area contributed by atoms with Crippen molar-refractivity contribution < 1.29 is 23.1 Å². The van der Waals surface area contributed by atoms with Gasteiger partial charge >= 0.3 is 5.97 Å². The predicted molar refractivity (Wildman–Crippen MR) is 61.9 cm³/mol. The van der Waals surface area contributed by atoms with Gasteiger partial charge in [-0.05, 0) is 6.07 Å². The molecule has 1 heterocycles. The average Bonchev–Trinajstić information content (AvgIpc) is 2.75. The fourth-order valence-corrected chi connectivity index (χ4v) is 2.13. The van der Waals surface area contributed by atoms with Crippen molar-refractivity contribution in [1.82, 2.24) is 4.90 Å². The van der Waals surface area contributed by atoms with Crippen molar-refractivity contribution in [2.45, 2.75) is 13.0 Å². The van der Waals surface area contributed by atoms with E-state index in [1.54, 1.807) is 0 Å². The van der Waals surface area contributed by atoms with Gasteiger partial charge in [0.25, 0.3) is 0 Å². The number of halogens is 2. The molecule has 1 amide bonds. The zero-order valence-corrected chi connectivity index (χ0v) is 10.4. The minimum absolute atomic E-state index is 0.0452. The van der Waals surface area contributed by atoms with Crippen LogP contribution in [0.25, 0.3) is 0 Å². The van der Waals surface area contributed by atoms with Crippen molar-refractivity contribution in [2.24, 2.45) is 5.92 Å². The molecule has 0 spiro atoms. The van der Waals surface area contributed by atoms with E-state index in [1.807, 2.05) is 0 Å². The molecular formula is C13H13F2NO3. The number of nitrogens with zero attached hydrogens (tertiary/aromatic N) is 1. The van der Waals surface area contributed by atoms with Crippen LogP contribution in [-0.2, 0) is 20.9 Å². The summed E-state index contributed by atoms with van der Waals surface area (Å²) in [5.41, 5.74) is 0.0962. The molecular weight excluding hydrogens is 256 g/mol. The van der Waals surface area contributed by atoms with Crippen LogP contribution in [0.3, 0.4) is 0 Å². The van der Waals surface area contributed by atoms with Crippen LogP contribution in [0, 0.1) is 17.6 Å². The standard InChI is InChI=1S/C13H13F2NO3/c1-19-13(18)9-5-11(17)16(7-9)6-8-3-2-4-10(14)12(8)15/h2-4,9H,5-7H2,1H3. The Morgan fingerprint density at radius 2 is 2.21 bits per heavy atom. The highest BCUT2D eigenvalue weighted by molar-refractivity contribution is 5.86. The lowest BCUT2D eigenvalue weighted by molar-refractivity contribution is -0.145. The fourth-order valence-electron chi connectivity index (χ4n) is 2.13. The molecule has 1 atom stereocenters. The van der Waals surface area contributed by atoms with Gasteiger partial charge in [0.1, 0.15) is 0 Å². The van der Waals surface area contributed by atoms with Gasteiger partial charge in [-0.1, -0.05) is 12.1 Å². The molecule has 19 heavy (non-hydrogen) atoms. The maximum atomic E-state index is 13.5. The molecule has 0 radical (unpaired) electrons. The monoisotopic (exact) mass is 269 g/mol. The van der Waals surface area contributed by atoms with E-state index in [-0.39, 0.29) is 31.0 Å². The molecule has 1 fully saturated rings. The van der Waals surface area contributed by atoms with Crippen molar-refractivity contribution in [3.8, 4) is 0 Å². The van der Waals surface area contributed by atoms with E-state index in [0.29, 0.717) is 0 Å². The van der Waals surface area contributed by atoms with Crippen molar-refractivity contribution in [3.05, 3.63) is 35.4 Å². The maximum absolute atomic E-state index is 13.5. The summed E-state index contributed by atoms with van der Waals surface area (Å²) >= 11 is 0. The average molecular weight is 269 g/mol. The third-order valence-electron chi connectivity index (χ3n) is 3.14. The molecule has 0 N–H and O–H groups in total. The molecule has 0 saturated carbocycles. The molecule has 1 saturated heterocycles. The fraction of sp³-hybridized carbons (Fsp3) is 0.385. The molecule has 0 aromatic heterocycles. The quantitative estimate of drug-likeness (QED) is 0.781. The van der Waals surface area contributed by atoms with Gasteiger partial charge < -0.3 is 9.64 Å². The van der Waals surface area contributed by atoms with E-state index >= 15 is 0 Å². The second kappa shape index (κ2) is 5.34. The highest BCUT2D eigenvalue weighted by Crippen LogP contribution is 2.22. The number of hydrogen-bond donors (Lipinski definition) is 0. The molecule has 1 unspecified atom stereocenters. The first-order valence-corrected chi connectivity index (χ1v) is 5.81. The first-order valence-electron chi connectivity index (χ1n) is 5.81. The number of carbonyl (C=O) groups is 2.